The maximum absolute atomic E-state index is 10.3. The quantitative estimate of drug-likeness (QED) is 0.158. The summed E-state index contributed by atoms with van der Waals surface area (Å²) in [4.78, 5) is 0. The van der Waals surface area contributed by atoms with Gasteiger partial charge in [-0.15, -0.1) is 0 Å². The predicted octanol–water partition coefficient (Wildman–Crippen LogP) is 1.81. The van der Waals surface area contributed by atoms with Gasteiger partial charge in [0.15, 0.2) is 0 Å². The minimum absolute atomic E-state index is 0.0182. The van der Waals surface area contributed by atoms with Gasteiger partial charge >= 0.3 is 0 Å². The van der Waals surface area contributed by atoms with Crippen LogP contribution in [0.3, 0.4) is 0 Å². The molecule has 0 bridgehead atoms. The van der Waals surface area contributed by atoms with Gasteiger partial charge in [0, 0.05) is 24.2 Å². The molecule has 0 aliphatic rings. The van der Waals surface area contributed by atoms with Crippen molar-refractivity contribution in [2.45, 2.75) is 38.3 Å². The Kier molecular flexibility index (Phi) is 10.7. The molecular formula is C28H36N2O6. The molecule has 0 saturated heterocycles. The largest absolute Gasteiger partial charge is 0.508 e. The van der Waals surface area contributed by atoms with Crippen molar-refractivity contribution in [1.82, 2.24) is 10.6 Å². The Labute approximate surface area is 211 Å². The van der Waals surface area contributed by atoms with E-state index in [2.05, 4.69) is 34.9 Å². The summed E-state index contributed by atoms with van der Waals surface area (Å²) in [6.45, 7) is 1.60. The molecule has 194 valence electrons. The lowest BCUT2D eigenvalue weighted by Crippen LogP contribution is -2.24. The lowest BCUT2D eigenvalue weighted by Gasteiger charge is -2.14. The molecule has 0 amide bonds. The number of aromatic hydroxyl groups is 2. The van der Waals surface area contributed by atoms with Gasteiger partial charge < -0.3 is 41.3 Å². The summed E-state index contributed by atoms with van der Waals surface area (Å²) in [6.07, 6.45) is 0.180. The molecular weight excluding hydrogens is 460 g/mol. The Morgan fingerprint density at radius 3 is 1.33 bits per heavy atom. The number of phenols is 2. The highest BCUT2D eigenvalue weighted by Crippen LogP contribution is 2.23. The van der Waals surface area contributed by atoms with E-state index in [1.165, 1.54) is 23.3 Å². The third-order valence-electron chi connectivity index (χ3n) is 6.20. The van der Waals surface area contributed by atoms with E-state index in [-0.39, 0.29) is 24.7 Å². The van der Waals surface area contributed by atoms with Crippen LogP contribution in [0.4, 0.5) is 0 Å². The highest BCUT2D eigenvalue weighted by molar-refractivity contribution is 5.37. The first-order chi connectivity index (χ1) is 17.4. The molecule has 8 heteroatoms. The zero-order chi connectivity index (χ0) is 25.9. The van der Waals surface area contributed by atoms with Gasteiger partial charge in [-0.2, -0.15) is 0 Å². The molecule has 2 atom stereocenters. The molecule has 0 saturated carbocycles. The molecule has 3 rings (SSSR count). The van der Waals surface area contributed by atoms with E-state index in [9.17, 15) is 30.6 Å². The van der Waals surface area contributed by atoms with Gasteiger partial charge in [-0.3, -0.25) is 0 Å². The molecule has 3 aromatic carbocycles. The van der Waals surface area contributed by atoms with Crippen LogP contribution in [-0.4, -0.2) is 56.8 Å². The van der Waals surface area contributed by atoms with Crippen molar-refractivity contribution in [2.24, 2.45) is 0 Å². The third kappa shape index (κ3) is 8.03. The number of benzene rings is 3. The van der Waals surface area contributed by atoms with Gasteiger partial charge in [-0.1, -0.05) is 36.4 Å². The summed E-state index contributed by atoms with van der Waals surface area (Å²) in [5.41, 5.74) is 4.45. The number of hydrogen-bond donors (Lipinski definition) is 8. The van der Waals surface area contributed by atoms with Crippen molar-refractivity contribution in [3.8, 4) is 11.5 Å². The van der Waals surface area contributed by atoms with Crippen LogP contribution in [0.1, 0.15) is 45.6 Å². The maximum Gasteiger partial charge on any atom is 0.121 e. The molecule has 0 fully saturated rings. The second kappa shape index (κ2) is 13.9. The van der Waals surface area contributed by atoms with E-state index in [0.717, 1.165) is 12.8 Å². The van der Waals surface area contributed by atoms with E-state index >= 15 is 0 Å². The highest BCUT2D eigenvalue weighted by atomic mass is 16.3. The predicted molar refractivity (Wildman–Crippen MR) is 138 cm³/mol. The van der Waals surface area contributed by atoms with Gasteiger partial charge in [0.1, 0.15) is 11.5 Å². The number of aliphatic hydroxyl groups is 4. The molecule has 0 heterocycles. The molecule has 36 heavy (non-hydrogen) atoms. The van der Waals surface area contributed by atoms with Crippen LogP contribution in [0.5, 0.6) is 11.5 Å². The first-order valence-electron chi connectivity index (χ1n) is 12.1. The summed E-state index contributed by atoms with van der Waals surface area (Å²) in [6, 6.07) is 17.8. The Morgan fingerprint density at radius 1 is 0.583 bits per heavy atom. The van der Waals surface area contributed by atoms with Crippen molar-refractivity contribution in [3.05, 3.63) is 94.0 Å². The van der Waals surface area contributed by atoms with Crippen LogP contribution >= 0.6 is 0 Å². The molecule has 0 spiro atoms. The Balaban J connectivity index is 1.34. The number of hydrogen-bond acceptors (Lipinski definition) is 8. The summed E-state index contributed by atoms with van der Waals surface area (Å²) < 4.78 is 0. The molecule has 0 aliphatic carbocycles. The normalized spacial score (nSPS) is 13.0. The minimum Gasteiger partial charge on any atom is -0.508 e. The second-order valence-corrected chi connectivity index (χ2v) is 8.85. The number of aliphatic hydroxyl groups excluding tert-OH is 4. The average molecular weight is 497 g/mol. The van der Waals surface area contributed by atoms with Gasteiger partial charge in [-0.05, 0) is 72.5 Å². The number of rotatable bonds is 14. The summed E-state index contributed by atoms with van der Waals surface area (Å²) in [7, 11) is 0. The number of nitrogens with one attached hydrogen (secondary N) is 2. The topological polar surface area (TPSA) is 145 Å². The van der Waals surface area contributed by atoms with Crippen LogP contribution in [0.25, 0.3) is 0 Å². The SMILES string of the molecule is OCc1cc(C(O)CNCCc2ccc(CCNCC(O)c3ccc(O)c(CO)c3)cc2)ccc1O. The minimum atomic E-state index is -0.727. The molecule has 2 unspecified atom stereocenters. The first-order valence-corrected chi connectivity index (χ1v) is 12.1. The van der Waals surface area contributed by atoms with Crippen molar-refractivity contribution < 1.29 is 30.6 Å². The Morgan fingerprint density at radius 2 is 0.972 bits per heavy atom. The second-order valence-electron chi connectivity index (χ2n) is 8.85. The molecule has 8 N–H and O–H groups in total. The Bertz CT molecular complexity index is 1000. The van der Waals surface area contributed by atoms with Gasteiger partial charge in [0.25, 0.3) is 0 Å². The van der Waals surface area contributed by atoms with Crippen LogP contribution in [-0.2, 0) is 26.1 Å². The van der Waals surface area contributed by atoms with Crippen LogP contribution in [0.15, 0.2) is 60.7 Å². The average Bonchev–Trinajstić information content (AvgIpc) is 2.90. The van der Waals surface area contributed by atoms with Gasteiger partial charge in [-0.25, -0.2) is 0 Å². The van der Waals surface area contributed by atoms with Crippen molar-refractivity contribution >= 4 is 0 Å². The fourth-order valence-corrected chi connectivity index (χ4v) is 3.93. The lowest BCUT2D eigenvalue weighted by atomic mass is 10.0. The van der Waals surface area contributed by atoms with E-state index in [4.69, 9.17) is 0 Å². The fourth-order valence-electron chi connectivity index (χ4n) is 3.93. The molecule has 0 radical (unpaired) electrons. The summed E-state index contributed by atoms with van der Waals surface area (Å²) in [5.74, 6) is 0.0364. The summed E-state index contributed by atoms with van der Waals surface area (Å²) >= 11 is 0. The maximum atomic E-state index is 10.3. The zero-order valence-corrected chi connectivity index (χ0v) is 20.3. The van der Waals surface area contributed by atoms with Crippen LogP contribution in [0, 0.1) is 0 Å². The van der Waals surface area contributed by atoms with Gasteiger partial charge in [0.2, 0.25) is 0 Å². The van der Waals surface area contributed by atoms with Crippen molar-refractivity contribution in [1.29, 1.82) is 0 Å². The van der Waals surface area contributed by atoms with Crippen LogP contribution in [0.2, 0.25) is 0 Å². The molecule has 3 aromatic rings. The monoisotopic (exact) mass is 496 g/mol. The first kappa shape index (κ1) is 27.6. The smallest absolute Gasteiger partial charge is 0.121 e. The van der Waals surface area contributed by atoms with Gasteiger partial charge in [0.05, 0.1) is 25.4 Å². The summed E-state index contributed by atoms with van der Waals surface area (Å²) in [5, 5.41) is 64.9. The zero-order valence-electron chi connectivity index (χ0n) is 20.3. The molecule has 8 nitrogen and oxygen atoms in total. The van der Waals surface area contributed by atoms with Crippen LogP contribution < -0.4 is 10.6 Å². The van der Waals surface area contributed by atoms with Crippen molar-refractivity contribution in [3.63, 3.8) is 0 Å². The molecule has 0 aliphatic heterocycles. The standard InChI is InChI=1S/C28H36N2O6/c31-17-23-13-21(5-7-25(23)33)27(35)15-29-11-9-19-1-2-20(4-3-19)10-12-30-16-28(36)22-6-8-26(34)24(14-22)18-32/h1-8,13-14,27-36H,9-12,15-18H2. The van der Waals surface area contributed by atoms with E-state index < -0.39 is 12.2 Å². The fraction of sp³-hybridized carbons (Fsp3) is 0.357. The molecule has 0 aromatic heterocycles. The van der Waals surface area contributed by atoms with E-state index in [0.29, 0.717) is 48.4 Å². The van der Waals surface area contributed by atoms with E-state index in [1.54, 1.807) is 24.3 Å². The third-order valence-corrected chi connectivity index (χ3v) is 6.20. The lowest BCUT2D eigenvalue weighted by molar-refractivity contribution is 0.174. The van der Waals surface area contributed by atoms with E-state index in [1.807, 2.05) is 0 Å². The Hall–Kier alpha value is -2.98. The van der Waals surface area contributed by atoms with Crippen molar-refractivity contribution in [2.75, 3.05) is 26.2 Å². The highest BCUT2D eigenvalue weighted by Gasteiger charge is 2.11.